The summed E-state index contributed by atoms with van der Waals surface area (Å²) in [6.45, 7) is -1.78. The van der Waals surface area contributed by atoms with Crippen LogP contribution in [0.2, 0.25) is 0 Å². The van der Waals surface area contributed by atoms with Crippen molar-refractivity contribution in [1.29, 1.82) is 0 Å². The molecule has 18 heteroatoms. The summed E-state index contributed by atoms with van der Waals surface area (Å²) in [5.74, 6) is 0.819. The van der Waals surface area contributed by atoms with Crippen molar-refractivity contribution >= 4 is 22.4 Å². The van der Waals surface area contributed by atoms with Crippen molar-refractivity contribution < 1.29 is 20.0 Å². The Balaban J connectivity index is 0.000000222. The molecule has 0 atom stereocenters. The second-order valence-corrected chi connectivity index (χ2v) is 7.76. The Kier molecular flexibility index (Phi) is 7.70. The molecule has 2 aromatic heterocycles. The van der Waals surface area contributed by atoms with Crippen molar-refractivity contribution in [2.45, 2.75) is 0 Å². The quantitative estimate of drug-likeness (QED) is 0.336. The van der Waals surface area contributed by atoms with Crippen LogP contribution in [0.3, 0.4) is 0 Å². The average molecular weight is 516 g/mol. The molecule has 0 aliphatic carbocycles. The van der Waals surface area contributed by atoms with E-state index in [-0.39, 0.29) is 10.6 Å². The highest BCUT2D eigenvalue weighted by Gasteiger charge is 2.39. The van der Waals surface area contributed by atoms with Gasteiger partial charge < -0.3 is 4.90 Å². The van der Waals surface area contributed by atoms with Gasteiger partial charge in [0, 0.05) is 31.9 Å². The molecule has 3 heterocycles. The van der Waals surface area contributed by atoms with Gasteiger partial charge in [-0.25, -0.2) is 40.3 Å². The van der Waals surface area contributed by atoms with Crippen LogP contribution in [0.5, 0.6) is 0 Å². The first-order valence-electron chi connectivity index (χ1n) is 10.3. The van der Waals surface area contributed by atoms with Crippen molar-refractivity contribution in [3.63, 3.8) is 0 Å². The molecular formula is C19H20N10O8. The van der Waals surface area contributed by atoms with E-state index in [1.165, 1.54) is 6.07 Å². The van der Waals surface area contributed by atoms with E-state index >= 15 is 0 Å². The predicted octanol–water partition coefficient (Wildman–Crippen LogP) is 1.62. The number of nitrogens with zero attached hydrogens (tertiary/aromatic N) is 10. The molecule has 0 unspecified atom stereocenters. The van der Waals surface area contributed by atoms with Crippen LogP contribution in [0.15, 0.2) is 48.7 Å². The number of benzene rings is 1. The third-order valence-corrected chi connectivity index (χ3v) is 5.07. The SMILES string of the molecule is CN(C)c1ccc(-c2cc([N+](=O)[O-])c3ccccc3n2)cn1.O=[N+]([O-])N1CN([N+](=O)[O-])CN([N+](=O)[O-])C1. The predicted molar refractivity (Wildman–Crippen MR) is 127 cm³/mol. The number of pyridine rings is 2. The normalized spacial score (nSPS) is 13.0. The first-order chi connectivity index (χ1) is 17.5. The minimum atomic E-state index is -0.924. The molecular weight excluding hydrogens is 496 g/mol. The zero-order chi connectivity index (χ0) is 27.3. The average Bonchev–Trinajstić information content (AvgIpc) is 2.88. The number of rotatable bonds is 6. The van der Waals surface area contributed by atoms with Gasteiger partial charge in [0.25, 0.3) is 5.69 Å². The molecule has 0 bridgehead atoms. The van der Waals surface area contributed by atoms with Gasteiger partial charge in [-0.1, -0.05) is 27.2 Å². The monoisotopic (exact) mass is 516 g/mol. The van der Waals surface area contributed by atoms with E-state index in [1.807, 2.05) is 37.2 Å². The second kappa shape index (κ2) is 10.9. The molecule has 0 saturated carbocycles. The minimum absolute atomic E-state index is 0.0530. The van der Waals surface area contributed by atoms with Gasteiger partial charge in [-0.3, -0.25) is 10.1 Å². The van der Waals surface area contributed by atoms with E-state index in [9.17, 15) is 40.5 Å². The molecule has 0 N–H and O–H groups in total. The molecule has 18 nitrogen and oxygen atoms in total. The molecule has 0 radical (unpaired) electrons. The van der Waals surface area contributed by atoms with Gasteiger partial charge in [0.05, 0.1) is 21.5 Å². The summed E-state index contributed by atoms with van der Waals surface area (Å²) in [5, 5.41) is 41.1. The molecule has 0 amide bonds. The molecule has 1 saturated heterocycles. The highest BCUT2D eigenvalue weighted by atomic mass is 16.7. The smallest absolute Gasteiger partial charge is 0.280 e. The van der Waals surface area contributed by atoms with Crippen LogP contribution in [0.1, 0.15) is 0 Å². The van der Waals surface area contributed by atoms with Crippen molar-refractivity contribution in [3.8, 4) is 11.3 Å². The number of nitro groups is 4. The van der Waals surface area contributed by atoms with Crippen molar-refractivity contribution in [2.24, 2.45) is 0 Å². The Hall–Kier alpha value is -5.42. The summed E-state index contributed by atoms with van der Waals surface area (Å²) in [6.07, 6.45) is 1.68. The fourth-order valence-corrected chi connectivity index (χ4v) is 3.27. The van der Waals surface area contributed by atoms with Crippen LogP contribution in [-0.2, 0) is 0 Å². The Morgan fingerprint density at radius 3 is 1.78 bits per heavy atom. The Morgan fingerprint density at radius 2 is 1.35 bits per heavy atom. The van der Waals surface area contributed by atoms with Gasteiger partial charge in [0.15, 0.2) is 15.1 Å². The molecule has 1 aromatic carbocycles. The molecule has 1 aliphatic heterocycles. The lowest BCUT2D eigenvalue weighted by Gasteiger charge is -2.27. The molecule has 4 rings (SSSR count). The van der Waals surface area contributed by atoms with E-state index in [4.69, 9.17) is 0 Å². The number of hydrogen-bond acceptors (Lipinski definition) is 11. The third-order valence-electron chi connectivity index (χ3n) is 5.07. The summed E-state index contributed by atoms with van der Waals surface area (Å²) in [7, 11) is 3.81. The number of anilines is 1. The fraction of sp³-hybridized carbons (Fsp3) is 0.263. The van der Waals surface area contributed by atoms with E-state index in [2.05, 4.69) is 9.97 Å². The van der Waals surface area contributed by atoms with Gasteiger partial charge in [0.2, 0.25) is 20.0 Å². The van der Waals surface area contributed by atoms with Crippen molar-refractivity contribution in [1.82, 2.24) is 25.0 Å². The Labute approximate surface area is 207 Å². The van der Waals surface area contributed by atoms with Crippen LogP contribution in [0.4, 0.5) is 11.5 Å². The van der Waals surface area contributed by atoms with E-state index in [0.29, 0.717) is 31.6 Å². The largest absolute Gasteiger partial charge is 0.363 e. The third kappa shape index (κ3) is 6.18. The van der Waals surface area contributed by atoms with Crippen molar-refractivity contribution in [2.75, 3.05) is 39.0 Å². The summed E-state index contributed by atoms with van der Waals surface area (Å²) < 4.78 is 0. The van der Waals surface area contributed by atoms with Crippen LogP contribution < -0.4 is 4.90 Å². The van der Waals surface area contributed by atoms with Gasteiger partial charge in [-0.15, -0.1) is 0 Å². The molecule has 1 aliphatic rings. The highest BCUT2D eigenvalue weighted by molar-refractivity contribution is 5.90. The zero-order valence-corrected chi connectivity index (χ0v) is 19.5. The summed E-state index contributed by atoms with van der Waals surface area (Å²) in [4.78, 5) is 52.6. The summed E-state index contributed by atoms with van der Waals surface area (Å²) >= 11 is 0. The Bertz CT molecular complexity index is 1280. The molecule has 3 aromatic rings. The molecule has 37 heavy (non-hydrogen) atoms. The Morgan fingerprint density at radius 1 is 0.811 bits per heavy atom. The first-order valence-corrected chi connectivity index (χ1v) is 10.3. The van der Waals surface area contributed by atoms with E-state index in [0.717, 1.165) is 11.4 Å². The lowest BCUT2D eigenvalue weighted by atomic mass is 10.1. The van der Waals surface area contributed by atoms with Crippen molar-refractivity contribution in [3.05, 3.63) is 89.1 Å². The summed E-state index contributed by atoms with van der Waals surface area (Å²) in [5.41, 5.74) is 1.95. The maximum atomic E-state index is 11.3. The molecule has 1 fully saturated rings. The molecule has 194 valence electrons. The van der Waals surface area contributed by atoms with Crippen LogP contribution in [0.25, 0.3) is 22.2 Å². The maximum absolute atomic E-state index is 11.3. The lowest BCUT2D eigenvalue weighted by Crippen LogP contribution is -2.59. The highest BCUT2D eigenvalue weighted by Crippen LogP contribution is 2.29. The second-order valence-electron chi connectivity index (χ2n) is 7.76. The van der Waals surface area contributed by atoms with Gasteiger partial charge in [-0.2, -0.15) is 0 Å². The van der Waals surface area contributed by atoms with Crippen LogP contribution in [-0.4, -0.2) is 79.1 Å². The van der Waals surface area contributed by atoms with Gasteiger partial charge in [0.1, 0.15) is 5.82 Å². The van der Waals surface area contributed by atoms with Gasteiger partial charge >= 0.3 is 0 Å². The number of fused-ring (bicyclic) bond motifs is 1. The zero-order valence-electron chi connectivity index (χ0n) is 19.5. The lowest BCUT2D eigenvalue weighted by molar-refractivity contribution is -0.775. The van der Waals surface area contributed by atoms with E-state index in [1.54, 1.807) is 24.4 Å². The number of hydrazine groups is 3. The van der Waals surface area contributed by atoms with Gasteiger partial charge in [-0.05, 0) is 24.3 Å². The maximum Gasteiger partial charge on any atom is 0.280 e. The topological polar surface area (TPSA) is 211 Å². The van der Waals surface area contributed by atoms with Crippen LogP contribution in [0, 0.1) is 40.5 Å². The first kappa shape index (κ1) is 26.2. The minimum Gasteiger partial charge on any atom is -0.363 e. The fourth-order valence-electron chi connectivity index (χ4n) is 3.27. The number of hydrogen-bond donors (Lipinski definition) is 0. The molecule has 0 spiro atoms. The number of para-hydroxylation sites is 1. The van der Waals surface area contributed by atoms with Crippen LogP contribution >= 0.6 is 0 Å². The summed E-state index contributed by atoms with van der Waals surface area (Å²) in [6, 6.07) is 12.3. The van der Waals surface area contributed by atoms with E-state index < -0.39 is 35.1 Å². The number of aromatic nitrogens is 2. The standard InChI is InChI=1S/C16H14N4O2.C3H6N6O6/c1-19(2)16-8-7-11(10-17-16)14-9-15(20(21)22)12-5-3-4-6-13(12)18-14;10-7(11)4-1-5(8(12)13)3-6(2-4)9(14)15/h3-10H,1-2H3;1-3H2.